The van der Waals surface area contributed by atoms with Crippen molar-refractivity contribution in [1.82, 2.24) is 9.55 Å². The number of aromatic nitrogens is 2. The molecule has 0 bridgehead atoms. The van der Waals surface area contributed by atoms with E-state index in [9.17, 15) is 5.11 Å². The Morgan fingerprint density at radius 1 is 1.07 bits per heavy atom. The molecule has 0 spiro atoms. The zero-order valence-electron chi connectivity index (χ0n) is 19.7. The van der Waals surface area contributed by atoms with Crippen molar-refractivity contribution in [3.8, 4) is 0 Å². The van der Waals surface area contributed by atoms with E-state index in [-0.39, 0.29) is 0 Å². The second-order valence-corrected chi connectivity index (χ2v) is 12.4. The monoisotopic (exact) mass is 410 g/mol. The second kappa shape index (κ2) is 6.95. The van der Waals surface area contributed by atoms with Gasteiger partial charge in [0.15, 0.2) is 0 Å². The third-order valence-electron chi connectivity index (χ3n) is 10.6. The van der Waals surface area contributed by atoms with E-state index in [1.165, 1.54) is 50.5 Å². The molecular formula is C27H42N2O. The van der Waals surface area contributed by atoms with Gasteiger partial charge in [0.05, 0.1) is 17.6 Å². The highest BCUT2D eigenvalue weighted by Crippen LogP contribution is 2.68. The van der Waals surface area contributed by atoms with Crippen LogP contribution >= 0.6 is 0 Å². The van der Waals surface area contributed by atoms with Crippen LogP contribution in [0.4, 0.5) is 0 Å². The van der Waals surface area contributed by atoms with Crippen molar-refractivity contribution < 1.29 is 5.11 Å². The highest BCUT2D eigenvalue weighted by Gasteiger charge is 2.61. The van der Waals surface area contributed by atoms with Crippen LogP contribution < -0.4 is 0 Å². The average molecular weight is 411 g/mol. The molecule has 30 heavy (non-hydrogen) atoms. The van der Waals surface area contributed by atoms with E-state index in [4.69, 9.17) is 0 Å². The summed E-state index contributed by atoms with van der Waals surface area (Å²) in [5, 5.41) is 10.7. The molecule has 0 radical (unpaired) electrons. The number of hydrogen-bond donors (Lipinski definition) is 1. The Bertz CT molecular complexity index is 825. The largest absolute Gasteiger partial charge is 0.390 e. The van der Waals surface area contributed by atoms with Crippen LogP contribution in [0, 0.1) is 47.3 Å². The van der Waals surface area contributed by atoms with Crippen molar-refractivity contribution in [3.05, 3.63) is 30.4 Å². The SMILES string of the molecule is C=C(Cn1cnc(C)c1)[C@H]1CC[C@H]2[C@@H]3CC[C@@H]4C[C@](C)(O)CC[C@]4(C)[C@H]3CC[C@]12C. The number of imidazole rings is 1. The van der Waals surface area contributed by atoms with Crippen LogP contribution in [0.25, 0.3) is 0 Å². The van der Waals surface area contributed by atoms with E-state index >= 15 is 0 Å². The Morgan fingerprint density at radius 2 is 1.83 bits per heavy atom. The normalized spacial score (nSPS) is 48.0. The molecule has 4 saturated carbocycles. The molecule has 0 aromatic carbocycles. The van der Waals surface area contributed by atoms with Crippen molar-refractivity contribution in [2.24, 2.45) is 40.4 Å². The Labute approximate surface area is 183 Å². The number of allylic oxidation sites excluding steroid dienone is 1. The molecule has 4 aliphatic carbocycles. The molecule has 8 atom stereocenters. The zero-order chi connectivity index (χ0) is 21.3. The molecule has 0 unspecified atom stereocenters. The first-order valence-electron chi connectivity index (χ1n) is 12.5. The van der Waals surface area contributed by atoms with Crippen LogP contribution in [-0.4, -0.2) is 20.3 Å². The van der Waals surface area contributed by atoms with Crippen molar-refractivity contribution in [2.45, 2.75) is 97.6 Å². The van der Waals surface area contributed by atoms with Gasteiger partial charge < -0.3 is 9.67 Å². The lowest BCUT2D eigenvalue weighted by atomic mass is 9.44. The second-order valence-electron chi connectivity index (χ2n) is 12.4. The van der Waals surface area contributed by atoms with Gasteiger partial charge in [0.2, 0.25) is 0 Å². The van der Waals surface area contributed by atoms with E-state index in [0.717, 1.165) is 48.8 Å². The Morgan fingerprint density at radius 3 is 2.57 bits per heavy atom. The molecule has 0 aliphatic heterocycles. The molecule has 3 nitrogen and oxygen atoms in total. The van der Waals surface area contributed by atoms with Crippen LogP contribution in [0.5, 0.6) is 0 Å². The summed E-state index contributed by atoms with van der Waals surface area (Å²) < 4.78 is 2.22. The van der Waals surface area contributed by atoms with Gasteiger partial charge in [-0.05, 0) is 112 Å². The molecule has 1 N–H and O–H groups in total. The van der Waals surface area contributed by atoms with Gasteiger partial charge in [-0.2, -0.15) is 0 Å². The number of aliphatic hydroxyl groups is 1. The zero-order valence-corrected chi connectivity index (χ0v) is 19.7. The number of fused-ring (bicyclic) bond motifs is 5. The molecule has 166 valence electrons. The molecule has 1 heterocycles. The summed E-state index contributed by atoms with van der Waals surface area (Å²) in [5.74, 6) is 4.00. The fourth-order valence-corrected chi connectivity index (χ4v) is 9.00. The quantitative estimate of drug-likeness (QED) is 0.606. The van der Waals surface area contributed by atoms with E-state index < -0.39 is 5.60 Å². The Kier molecular flexibility index (Phi) is 4.82. The van der Waals surface area contributed by atoms with E-state index in [0.29, 0.717) is 16.7 Å². The molecule has 0 saturated heterocycles. The maximum Gasteiger partial charge on any atom is 0.0952 e. The molecule has 4 aliphatic rings. The lowest BCUT2D eigenvalue weighted by Gasteiger charge is -2.62. The van der Waals surface area contributed by atoms with Gasteiger partial charge in [-0.25, -0.2) is 4.98 Å². The first kappa shape index (κ1) is 20.8. The van der Waals surface area contributed by atoms with E-state index in [1.54, 1.807) is 0 Å². The molecule has 3 heteroatoms. The van der Waals surface area contributed by atoms with Gasteiger partial charge in [0.1, 0.15) is 0 Å². The van der Waals surface area contributed by atoms with Crippen molar-refractivity contribution in [2.75, 3.05) is 0 Å². The van der Waals surface area contributed by atoms with Crippen molar-refractivity contribution >= 4 is 0 Å². The molecule has 5 rings (SSSR count). The van der Waals surface area contributed by atoms with Crippen molar-refractivity contribution in [3.63, 3.8) is 0 Å². The summed E-state index contributed by atoms with van der Waals surface area (Å²) in [4.78, 5) is 4.41. The lowest BCUT2D eigenvalue weighted by Crippen LogP contribution is -2.55. The van der Waals surface area contributed by atoms with Crippen LogP contribution in [0.3, 0.4) is 0 Å². The van der Waals surface area contributed by atoms with Gasteiger partial charge in [-0.1, -0.05) is 26.0 Å². The van der Waals surface area contributed by atoms with Crippen LogP contribution in [0.1, 0.15) is 84.3 Å². The van der Waals surface area contributed by atoms with E-state index in [2.05, 4.69) is 50.0 Å². The Hall–Kier alpha value is -1.09. The summed E-state index contributed by atoms with van der Waals surface area (Å²) in [7, 11) is 0. The van der Waals surface area contributed by atoms with Gasteiger partial charge >= 0.3 is 0 Å². The predicted molar refractivity (Wildman–Crippen MR) is 122 cm³/mol. The fraction of sp³-hybridized carbons (Fsp3) is 0.815. The minimum Gasteiger partial charge on any atom is -0.390 e. The minimum atomic E-state index is -0.429. The molecule has 4 fully saturated rings. The summed E-state index contributed by atoms with van der Waals surface area (Å²) in [6, 6.07) is 0. The first-order valence-corrected chi connectivity index (χ1v) is 12.5. The van der Waals surface area contributed by atoms with Crippen molar-refractivity contribution in [1.29, 1.82) is 0 Å². The topological polar surface area (TPSA) is 38.0 Å². The maximum atomic E-state index is 10.7. The molecule has 1 aromatic rings. The number of rotatable bonds is 3. The smallest absolute Gasteiger partial charge is 0.0952 e. The predicted octanol–water partition coefficient (Wildman–Crippen LogP) is 6.16. The molecular weight excluding hydrogens is 368 g/mol. The number of hydrogen-bond acceptors (Lipinski definition) is 2. The number of aryl methyl sites for hydroxylation is 1. The molecule has 1 aromatic heterocycles. The standard InChI is InChI=1S/C27H42N2O/c1-18(15-29-16-19(2)28-17-29)22-8-9-23-21-7-6-20-14-25(3,30)12-13-26(20,4)24(21)10-11-27(22,23)5/h16-17,20-24,30H,1,6-15H2,2-5H3/t20-,21+,22-,23+,24+,25-,26+,27-/m1/s1. The lowest BCUT2D eigenvalue weighted by molar-refractivity contribution is -0.145. The fourth-order valence-electron chi connectivity index (χ4n) is 9.00. The van der Waals surface area contributed by atoms with Crippen LogP contribution in [0.2, 0.25) is 0 Å². The maximum absolute atomic E-state index is 10.7. The van der Waals surface area contributed by atoms with E-state index in [1.807, 2.05) is 6.33 Å². The summed E-state index contributed by atoms with van der Waals surface area (Å²) in [6.07, 6.45) is 15.6. The highest BCUT2D eigenvalue weighted by molar-refractivity contribution is 5.17. The van der Waals surface area contributed by atoms with Crippen LogP contribution in [0.15, 0.2) is 24.7 Å². The third kappa shape index (κ3) is 3.14. The Balaban J connectivity index is 1.34. The summed E-state index contributed by atoms with van der Waals surface area (Å²) in [6.45, 7) is 14.9. The highest BCUT2D eigenvalue weighted by atomic mass is 16.3. The molecule has 0 amide bonds. The minimum absolute atomic E-state index is 0.428. The summed E-state index contributed by atoms with van der Waals surface area (Å²) >= 11 is 0. The third-order valence-corrected chi connectivity index (χ3v) is 10.6. The van der Waals surface area contributed by atoms with Gasteiger partial charge in [0.25, 0.3) is 0 Å². The average Bonchev–Trinajstić information content (AvgIpc) is 3.24. The van der Waals surface area contributed by atoms with Gasteiger partial charge in [-0.15, -0.1) is 0 Å². The summed E-state index contributed by atoms with van der Waals surface area (Å²) in [5.41, 5.74) is 2.97. The van der Waals surface area contributed by atoms with Gasteiger partial charge in [-0.3, -0.25) is 0 Å². The van der Waals surface area contributed by atoms with Gasteiger partial charge in [0, 0.05) is 12.7 Å². The first-order chi connectivity index (χ1) is 14.1. The number of nitrogens with zero attached hydrogens (tertiary/aromatic N) is 2. The van der Waals surface area contributed by atoms with Crippen LogP contribution in [-0.2, 0) is 6.54 Å².